The topological polar surface area (TPSA) is 54.4 Å². The standard InChI is InChI=1S/C11H15NO3/c1-2-3-4-7-14-12-8-5-6-9(13)11-10(8)15-11/h1,9-11,13H,3-7H2/b12-8-. The number of terminal acetylenes is 1. The zero-order valence-electron chi connectivity index (χ0n) is 8.56. The first-order valence-corrected chi connectivity index (χ1v) is 5.28. The fourth-order valence-corrected chi connectivity index (χ4v) is 1.75. The van der Waals surface area contributed by atoms with Gasteiger partial charge >= 0.3 is 0 Å². The van der Waals surface area contributed by atoms with E-state index in [1.807, 2.05) is 0 Å². The number of ether oxygens (including phenoxy) is 1. The molecular weight excluding hydrogens is 194 g/mol. The SMILES string of the molecule is C#CCCCO/N=C1/CCC(O)C2OC12. The normalized spacial score (nSPS) is 35.7. The van der Waals surface area contributed by atoms with Crippen molar-refractivity contribution < 1.29 is 14.7 Å². The quantitative estimate of drug-likeness (QED) is 0.321. The van der Waals surface area contributed by atoms with Crippen LogP contribution in [0.2, 0.25) is 0 Å². The van der Waals surface area contributed by atoms with Crippen LogP contribution in [0.1, 0.15) is 25.7 Å². The lowest BCUT2D eigenvalue weighted by Crippen LogP contribution is -2.27. The predicted octanol–water partition coefficient (Wildman–Crippen LogP) is 0.694. The van der Waals surface area contributed by atoms with E-state index >= 15 is 0 Å². The number of nitrogens with zero attached hydrogens (tertiary/aromatic N) is 1. The fraction of sp³-hybridized carbons (Fsp3) is 0.727. The Balaban J connectivity index is 1.71. The molecule has 0 spiro atoms. The van der Waals surface area contributed by atoms with Crippen LogP contribution >= 0.6 is 0 Å². The van der Waals surface area contributed by atoms with Crippen molar-refractivity contribution in [3.8, 4) is 12.3 Å². The van der Waals surface area contributed by atoms with Crippen molar-refractivity contribution in [3.05, 3.63) is 0 Å². The van der Waals surface area contributed by atoms with Crippen molar-refractivity contribution in [3.63, 3.8) is 0 Å². The lowest BCUT2D eigenvalue weighted by atomic mass is 9.96. The molecule has 0 amide bonds. The van der Waals surface area contributed by atoms with Crippen molar-refractivity contribution in [2.24, 2.45) is 5.16 Å². The number of aliphatic hydroxyl groups excluding tert-OH is 1. The molecule has 1 saturated carbocycles. The van der Waals surface area contributed by atoms with E-state index in [4.69, 9.17) is 16.0 Å². The lowest BCUT2D eigenvalue weighted by molar-refractivity contribution is 0.126. The Morgan fingerprint density at radius 1 is 1.67 bits per heavy atom. The summed E-state index contributed by atoms with van der Waals surface area (Å²) >= 11 is 0. The second-order valence-corrected chi connectivity index (χ2v) is 3.85. The van der Waals surface area contributed by atoms with Gasteiger partial charge in [0, 0.05) is 6.42 Å². The number of unbranched alkanes of at least 4 members (excludes halogenated alkanes) is 1. The zero-order chi connectivity index (χ0) is 10.7. The van der Waals surface area contributed by atoms with Crippen molar-refractivity contribution in [1.82, 2.24) is 0 Å². The smallest absolute Gasteiger partial charge is 0.128 e. The molecule has 1 saturated heterocycles. The third-order valence-corrected chi connectivity index (χ3v) is 2.67. The molecule has 0 bridgehead atoms. The first kappa shape index (κ1) is 10.5. The minimum Gasteiger partial charge on any atom is -0.396 e. The van der Waals surface area contributed by atoms with Gasteiger partial charge in [-0.05, 0) is 19.3 Å². The minimum atomic E-state index is -0.324. The van der Waals surface area contributed by atoms with Gasteiger partial charge in [-0.1, -0.05) is 5.16 Å². The van der Waals surface area contributed by atoms with Gasteiger partial charge in [-0.15, -0.1) is 12.3 Å². The molecule has 3 atom stereocenters. The second kappa shape index (κ2) is 4.65. The summed E-state index contributed by atoms with van der Waals surface area (Å²) in [6, 6.07) is 0. The summed E-state index contributed by atoms with van der Waals surface area (Å²) in [6.07, 6.45) is 7.77. The van der Waals surface area contributed by atoms with Crippen molar-refractivity contribution in [2.75, 3.05) is 6.61 Å². The maximum Gasteiger partial charge on any atom is 0.128 e. The minimum absolute atomic E-state index is 0.00128. The summed E-state index contributed by atoms with van der Waals surface area (Å²) in [5, 5.41) is 13.5. The maximum atomic E-state index is 9.44. The second-order valence-electron chi connectivity index (χ2n) is 3.85. The molecule has 2 rings (SSSR count). The highest BCUT2D eigenvalue weighted by atomic mass is 16.6. The summed E-state index contributed by atoms with van der Waals surface area (Å²) in [7, 11) is 0. The van der Waals surface area contributed by atoms with Crippen LogP contribution in [0.3, 0.4) is 0 Å². The Morgan fingerprint density at radius 2 is 2.53 bits per heavy atom. The Kier molecular flexibility index (Phi) is 3.24. The van der Waals surface area contributed by atoms with Crippen LogP contribution < -0.4 is 0 Å². The highest BCUT2D eigenvalue weighted by Crippen LogP contribution is 2.35. The van der Waals surface area contributed by atoms with Crippen molar-refractivity contribution in [1.29, 1.82) is 0 Å². The lowest BCUT2D eigenvalue weighted by Gasteiger charge is -2.13. The zero-order valence-corrected chi connectivity index (χ0v) is 8.56. The molecule has 0 aromatic heterocycles. The van der Waals surface area contributed by atoms with E-state index in [-0.39, 0.29) is 18.3 Å². The largest absolute Gasteiger partial charge is 0.396 e. The molecule has 3 unspecified atom stereocenters. The first-order valence-electron chi connectivity index (χ1n) is 5.28. The summed E-state index contributed by atoms with van der Waals surface area (Å²) in [6.45, 7) is 0.549. The number of rotatable bonds is 4. The number of hydrogen-bond donors (Lipinski definition) is 1. The molecule has 1 heterocycles. The third kappa shape index (κ3) is 2.49. The fourth-order valence-electron chi connectivity index (χ4n) is 1.75. The van der Waals surface area contributed by atoms with Crippen molar-refractivity contribution >= 4 is 5.71 Å². The van der Waals surface area contributed by atoms with Gasteiger partial charge in [0.1, 0.15) is 18.8 Å². The molecule has 2 fully saturated rings. The predicted molar refractivity (Wildman–Crippen MR) is 55.4 cm³/mol. The Hall–Kier alpha value is -1.05. The molecule has 4 nitrogen and oxygen atoms in total. The van der Waals surface area contributed by atoms with Gasteiger partial charge in [0.15, 0.2) is 0 Å². The van der Waals surface area contributed by atoms with Crippen LogP contribution in [0.4, 0.5) is 0 Å². The van der Waals surface area contributed by atoms with Crippen LogP contribution in [0.15, 0.2) is 5.16 Å². The van der Waals surface area contributed by atoms with Gasteiger partial charge < -0.3 is 14.7 Å². The van der Waals surface area contributed by atoms with Crippen LogP contribution in [-0.2, 0) is 9.57 Å². The Morgan fingerprint density at radius 3 is 3.33 bits per heavy atom. The van der Waals surface area contributed by atoms with E-state index < -0.39 is 0 Å². The van der Waals surface area contributed by atoms with Crippen LogP contribution in [0.5, 0.6) is 0 Å². The molecule has 0 aromatic carbocycles. The van der Waals surface area contributed by atoms with Crippen LogP contribution in [0, 0.1) is 12.3 Å². The van der Waals surface area contributed by atoms with Gasteiger partial charge in [0.2, 0.25) is 0 Å². The van der Waals surface area contributed by atoms with Gasteiger partial charge in [-0.2, -0.15) is 0 Å². The molecule has 15 heavy (non-hydrogen) atoms. The van der Waals surface area contributed by atoms with E-state index in [9.17, 15) is 5.11 Å². The molecule has 1 aliphatic heterocycles. The number of epoxide rings is 1. The van der Waals surface area contributed by atoms with Gasteiger partial charge in [-0.3, -0.25) is 0 Å². The molecule has 0 aromatic rings. The third-order valence-electron chi connectivity index (χ3n) is 2.67. The summed E-state index contributed by atoms with van der Waals surface area (Å²) in [4.78, 5) is 5.14. The Bertz CT molecular complexity index is 295. The molecule has 82 valence electrons. The molecule has 2 aliphatic rings. The van der Waals surface area contributed by atoms with E-state index in [2.05, 4.69) is 11.1 Å². The summed E-state index contributed by atoms with van der Waals surface area (Å²) in [5.74, 6) is 2.54. The summed E-state index contributed by atoms with van der Waals surface area (Å²) < 4.78 is 5.29. The first-order chi connectivity index (χ1) is 7.33. The summed E-state index contributed by atoms with van der Waals surface area (Å²) in [5.41, 5.74) is 0.922. The van der Waals surface area contributed by atoms with Crippen LogP contribution in [-0.4, -0.2) is 35.7 Å². The van der Waals surface area contributed by atoms with E-state index in [1.165, 1.54) is 0 Å². The number of aliphatic hydroxyl groups is 1. The van der Waals surface area contributed by atoms with E-state index in [0.29, 0.717) is 19.4 Å². The van der Waals surface area contributed by atoms with Crippen LogP contribution in [0.25, 0.3) is 0 Å². The average Bonchev–Trinajstić information content (AvgIpc) is 3.01. The molecule has 1 aliphatic carbocycles. The van der Waals surface area contributed by atoms with E-state index in [0.717, 1.165) is 18.6 Å². The number of oxime groups is 1. The monoisotopic (exact) mass is 209 g/mol. The van der Waals surface area contributed by atoms with Gasteiger partial charge in [0.05, 0.1) is 11.8 Å². The Labute approximate surface area is 89.2 Å². The molecule has 0 radical (unpaired) electrons. The highest BCUT2D eigenvalue weighted by molar-refractivity contribution is 5.92. The highest BCUT2D eigenvalue weighted by Gasteiger charge is 2.51. The average molecular weight is 209 g/mol. The molecular formula is C11H15NO3. The van der Waals surface area contributed by atoms with Gasteiger partial charge in [0.25, 0.3) is 0 Å². The van der Waals surface area contributed by atoms with E-state index in [1.54, 1.807) is 0 Å². The van der Waals surface area contributed by atoms with Crippen molar-refractivity contribution in [2.45, 2.75) is 44.0 Å². The maximum absolute atomic E-state index is 9.44. The molecule has 4 heteroatoms. The number of fused-ring (bicyclic) bond motifs is 1. The molecule has 1 N–H and O–H groups in total. The number of hydrogen-bond acceptors (Lipinski definition) is 4. The van der Waals surface area contributed by atoms with Gasteiger partial charge in [-0.25, -0.2) is 0 Å².